The van der Waals surface area contributed by atoms with Crippen LogP contribution in [0.1, 0.15) is 56.8 Å². The minimum atomic E-state index is 0.118. The molecule has 1 rings (SSSR count). The summed E-state index contributed by atoms with van der Waals surface area (Å²) in [5, 5.41) is 17.7. The van der Waals surface area contributed by atoms with Crippen molar-refractivity contribution >= 4 is 0 Å². The third-order valence-electron chi connectivity index (χ3n) is 3.18. The maximum Gasteiger partial charge on any atom is 0.109 e. The third-order valence-corrected chi connectivity index (χ3v) is 3.18. The van der Waals surface area contributed by atoms with Crippen LogP contribution in [-0.4, -0.2) is 0 Å². The third kappa shape index (κ3) is 3.36. The Morgan fingerprint density at radius 2 is 2.12 bits per heavy atom. The van der Waals surface area contributed by atoms with Crippen molar-refractivity contribution in [2.24, 2.45) is 5.92 Å². The van der Waals surface area contributed by atoms with Crippen molar-refractivity contribution < 1.29 is 4.42 Å². The zero-order valence-corrected chi connectivity index (χ0v) is 10.4. The summed E-state index contributed by atoms with van der Waals surface area (Å²) in [6, 6.07) is 6.04. The van der Waals surface area contributed by atoms with Crippen molar-refractivity contribution in [3.05, 3.63) is 23.7 Å². The minimum absolute atomic E-state index is 0.118. The summed E-state index contributed by atoms with van der Waals surface area (Å²) in [6.07, 6.45) is 5.15. The van der Waals surface area contributed by atoms with Gasteiger partial charge in [-0.3, -0.25) is 0 Å². The van der Waals surface area contributed by atoms with Crippen LogP contribution in [0.25, 0.3) is 0 Å². The fourth-order valence-corrected chi connectivity index (χ4v) is 2.26. The van der Waals surface area contributed by atoms with E-state index in [0.717, 1.165) is 25.0 Å². The molecule has 0 aliphatic rings. The molecule has 0 N–H and O–H groups in total. The van der Waals surface area contributed by atoms with E-state index in [4.69, 9.17) is 14.9 Å². The molecule has 2 unspecified atom stereocenters. The molecular formula is C14H18N2O. The fourth-order valence-electron chi connectivity index (χ4n) is 2.26. The molecule has 1 aromatic heterocycles. The molecule has 0 aromatic carbocycles. The molecule has 0 saturated carbocycles. The summed E-state index contributed by atoms with van der Waals surface area (Å²) >= 11 is 0. The Balaban J connectivity index is 2.91. The number of hydrogen-bond acceptors (Lipinski definition) is 3. The second-order valence-corrected chi connectivity index (χ2v) is 4.28. The van der Waals surface area contributed by atoms with Crippen LogP contribution in [0.3, 0.4) is 0 Å². The van der Waals surface area contributed by atoms with E-state index in [0.29, 0.717) is 17.9 Å². The lowest BCUT2D eigenvalue weighted by Gasteiger charge is -2.21. The van der Waals surface area contributed by atoms with E-state index in [1.165, 1.54) is 6.26 Å². The first-order valence-electron chi connectivity index (χ1n) is 6.12. The van der Waals surface area contributed by atoms with Crippen molar-refractivity contribution in [3.8, 4) is 12.1 Å². The largest absolute Gasteiger partial charge is 0.468 e. The van der Waals surface area contributed by atoms with E-state index < -0.39 is 0 Å². The van der Waals surface area contributed by atoms with Gasteiger partial charge < -0.3 is 4.42 Å². The molecule has 90 valence electrons. The van der Waals surface area contributed by atoms with Gasteiger partial charge in [0, 0.05) is 12.3 Å². The van der Waals surface area contributed by atoms with Crippen molar-refractivity contribution in [2.75, 3.05) is 0 Å². The standard InChI is InChI=1S/C14H18N2O/c1-3-5-12(4-2)13(6-7-15)14-8-11(9-16)10-17-14/h8,10,12-13H,3-6H2,1-2H3. The number of furan rings is 1. The zero-order chi connectivity index (χ0) is 12.7. The summed E-state index contributed by atoms with van der Waals surface area (Å²) in [4.78, 5) is 0. The van der Waals surface area contributed by atoms with Crippen LogP contribution in [0.2, 0.25) is 0 Å². The van der Waals surface area contributed by atoms with Gasteiger partial charge >= 0.3 is 0 Å². The first-order chi connectivity index (χ1) is 8.26. The van der Waals surface area contributed by atoms with E-state index in [1.54, 1.807) is 6.07 Å². The number of rotatable bonds is 6. The van der Waals surface area contributed by atoms with Crippen LogP contribution in [0.4, 0.5) is 0 Å². The molecule has 0 bridgehead atoms. The highest BCUT2D eigenvalue weighted by Gasteiger charge is 2.24. The Morgan fingerprint density at radius 3 is 2.59 bits per heavy atom. The Bertz CT molecular complexity index is 422. The summed E-state index contributed by atoms with van der Waals surface area (Å²) in [5.41, 5.74) is 0.536. The molecule has 0 spiro atoms. The van der Waals surface area contributed by atoms with Gasteiger partial charge in [0.2, 0.25) is 0 Å². The highest BCUT2D eigenvalue weighted by atomic mass is 16.3. The van der Waals surface area contributed by atoms with Gasteiger partial charge in [-0.2, -0.15) is 10.5 Å². The van der Waals surface area contributed by atoms with Gasteiger partial charge in [0.05, 0.1) is 11.6 Å². The van der Waals surface area contributed by atoms with E-state index in [1.807, 2.05) is 0 Å². The van der Waals surface area contributed by atoms with Gasteiger partial charge in [0.1, 0.15) is 18.1 Å². The van der Waals surface area contributed by atoms with E-state index in [9.17, 15) is 0 Å². The highest BCUT2D eigenvalue weighted by Crippen LogP contribution is 2.34. The van der Waals surface area contributed by atoms with E-state index in [-0.39, 0.29) is 5.92 Å². The van der Waals surface area contributed by atoms with E-state index in [2.05, 4.69) is 26.0 Å². The highest BCUT2D eigenvalue weighted by molar-refractivity contribution is 5.28. The maximum absolute atomic E-state index is 8.92. The van der Waals surface area contributed by atoms with Crippen LogP contribution in [-0.2, 0) is 0 Å². The van der Waals surface area contributed by atoms with Crippen molar-refractivity contribution in [2.45, 2.75) is 45.4 Å². The van der Waals surface area contributed by atoms with Gasteiger partial charge in [0.15, 0.2) is 0 Å². The van der Waals surface area contributed by atoms with Crippen LogP contribution in [0.5, 0.6) is 0 Å². The Morgan fingerprint density at radius 1 is 1.35 bits per heavy atom. The molecular weight excluding hydrogens is 212 g/mol. The lowest BCUT2D eigenvalue weighted by molar-refractivity contribution is 0.332. The van der Waals surface area contributed by atoms with Crippen LogP contribution in [0.15, 0.2) is 16.7 Å². The normalized spacial score (nSPS) is 13.6. The molecule has 0 saturated heterocycles. The molecule has 0 fully saturated rings. The average molecular weight is 230 g/mol. The van der Waals surface area contributed by atoms with Gasteiger partial charge in [-0.05, 0) is 18.4 Å². The van der Waals surface area contributed by atoms with Crippen LogP contribution in [0, 0.1) is 28.6 Å². The lowest BCUT2D eigenvalue weighted by Crippen LogP contribution is -2.11. The van der Waals surface area contributed by atoms with Gasteiger partial charge in [-0.1, -0.05) is 26.7 Å². The second kappa shape index (κ2) is 6.76. The summed E-state index contributed by atoms with van der Waals surface area (Å²) < 4.78 is 5.43. The Hall–Kier alpha value is -1.74. The smallest absolute Gasteiger partial charge is 0.109 e. The quantitative estimate of drug-likeness (QED) is 0.742. The number of nitrogens with zero attached hydrogens (tertiary/aromatic N) is 2. The van der Waals surface area contributed by atoms with Gasteiger partial charge in [-0.15, -0.1) is 0 Å². The molecule has 0 radical (unpaired) electrons. The predicted molar refractivity (Wildman–Crippen MR) is 65.1 cm³/mol. The molecule has 0 amide bonds. The predicted octanol–water partition coefficient (Wildman–Crippen LogP) is 3.97. The first-order valence-corrected chi connectivity index (χ1v) is 6.12. The lowest BCUT2D eigenvalue weighted by atomic mass is 9.83. The summed E-state index contributed by atoms with van der Waals surface area (Å²) in [6.45, 7) is 4.29. The molecule has 1 aromatic rings. The molecule has 3 heteroatoms. The fraction of sp³-hybridized carbons (Fsp3) is 0.571. The van der Waals surface area contributed by atoms with Crippen molar-refractivity contribution in [1.82, 2.24) is 0 Å². The topological polar surface area (TPSA) is 60.7 Å². The summed E-state index contributed by atoms with van der Waals surface area (Å²) in [5.74, 6) is 1.35. The van der Waals surface area contributed by atoms with Gasteiger partial charge in [-0.25, -0.2) is 0 Å². The van der Waals surface area contributed by atoms with Crippen LogP contribution < -0.4 is 0 Å². The van der Waals surface area contributed by atoms with Crippen molar-refractivity contribution in [3.63, 3.8) is 0 Å². The maximum atomic E-state index is 8.92. The number of hydrogen-bond donors (Lipinski definition) is 0. The molecule has 0 aliphatic heterocycles. The average Bonchev–Trinajstić information content (AvgIpc) is 2.82. The monoisotopic (exact) mass is 230 g/mol. The molecule has 0 aliphatic carbocycles. The first kappa shape index (κ1) is 13.3. The second-order valence-electron chi connectivity index (χ2n) is 4.28. The number of nitriles is 2. The van der Waals surface area contributed by atoms with Gasteiger partial charge in [0.25, 0.3) is 0 Å². The van der Waals surface area contributed by atoms with E-state index >= 15 is 0 Å². The Labute approximate surface area is 103 Å². The summed E-state index contributed by atoms with van der Waals surface area (Å²) in [7, 11) is 0. The Kier molecular flexibility index (Phi) is 5.30. The molecule has 17 heavy (non-hydrogen) atoms. The minimum Gasteiger partial charge on any atom is -0.468 e. The molecule has 1 heterocycles. The molecule has 3 nitrogen and oxygen atoms in total. The molecule has 2 atom stereocenters. The zero-order valence-electron chi connectivity index (χ0n) is 10.4. The van der Waals surface area contributed by atoms with Crippen molar-refractivity contribution in [1.29, 1.82) is 10.5 Å². The van der Waals surface area contributed by atoms with Crippen LogP contribution >= 0.6 is 0 Å². The SMILES string of the molecule is CCCC(CC)C(CC#N)c1cc(C#N)co1.